The van der Waals surface area contributed by atoms with Gasteiger partial charge in [-0.05, 0) is 24.0 Å². The third-order valence-electron chi connectivity index (χ3n) is 3.74. The topological polar surface area (TPSA) is 24.9 Å². The molecule has 1 aliphatic heterocycles. The second-order valence-corrected chi connectivity index (χ2v) is 6.74. The summed E-state index contributed by atoms with van der Waals surface area (Å²) in [7, 11) is 0. The van der Waals surface area contributed by atoms with Gasteiger partial charge >= 0.3 is 0 Å². The Kier molecular flexibility index (Phi) is 3.42. The average Bonchev–Trinajstić information content (AvgIpc) is 2.78. The third-order valence-corrected chi connectivity index (χ3v) is 4.82. The van der Waals surface area contributed by atoms with Crippen molar-refractivity contribution < 1.29 is 0 Å². The molecule has 1 atom stereocenters. The second kappa shape index (κ2) is 5.06. The van der Waals surface area contributed by atoms with Gasteiger partial charge in [0.25, 0.3) is 0 Å². The standard InChI is InChI=1S/C16H20N2S/c1-10(2)12-4-6-13(7-5-12)15-16-14(8-9-17-15)18-11(3)19-16/h4-7,10,15,17H,8-9H2,1-3H3. The highest BCUT2D eigenvalue weighted by Gasteiger charge is 2.24. The van der Waals surface area contributed by atoms with Gasteiger partial charge in [-0.1, -0.05) is 38.1 Å². The van der Waals surface area contributed by atoms with Crippen molar-refractivity contribution in [3.8, 4) is 0 Å². The number of nitrogens with zero attached hydrogens (tertiary/aromatic N) is 1. The molecule has 0 fully saturated rings. The maximum Gasteiger partial charge on any atom is 0.0900 e. The molecule has 100 valence electrons. The van der Waals surface area contributed by atoms with Crippen LogP contribution in [0.15, 0.2) is 24.3 Å². The summed E-state index contributed by atoms with van der Waals surface area (Å²) in [5, 5.41) is 4.80. The average molecular weight is 272 g/mol. The van der Waals surface area contributed by atoms with Crippen LogP contribution >= 0.6 is 11.3 Å². The summed E-state index contributed by atoms with van der Waals surface area (Å²) in [6, 6.07) is 9.36. The maximum atomic E-state index is 4.65. The Bertz CT molecular complexity index is 569. The molecule has 1 aliphatic rings. The van der Waals surface area contributed by atoms with Crippen LogP contribution in [-0.4, -0.2) is 11.5 Å². The normalized spacial score (nSPS) is 18.6. The molecule has 0 radical (unpaired) electrons. The summed E-state index contributed by atoms with van der Waals surface area (Å²) in [5.41, 5.74) is 4.05. The van der Waals surface area contributed by atoms with Gasteiger partial charge in [0.1, 0.15) is 0 Å². The molecule has 1 aromatic heterocycles. The minimum Gasteiger partial charge on any atom is -0.305 e. The van der Waals surface area contributed by atoms with Gasteiger partial charge in [0, 0.05) is 17.8 Å². The van der Waals surface area contributed by atoms with E-state index in [0.717, 1.165) is 13.0 Å². The molecule has 0 spiro atoms. The number of rotatable bonds is 2. The lowest BCUT2D eigenvalue weighted by molar-refractivity contribution is 0.570. The molecule has 0 aliphatic carbocycles. The number of aromatic nitrogens is 1. The molecule has 0 saturated carbocycles. The highest BCUT2D eigenvalue weighted by Crippen LogP contribution is 2.33. The Labute approximate surface area is 118 Å². The number of aryl methyl sites for hydroxylation is 1. The fourth-order valence-corrected chi connectivity index (χ4v) is 3.74. The van der Waals surface area contributed by atoms with E-state index in [2.05, 4.69) is 55.3 Å². The zero-order valence-corrected chi connectivity index (χ0v) is 12.6. The van der Waals surface area contributed by atoms with E-state index in [1.165, 1.54) is 26.7 Å². The lowest BCUT2D eigenvalue weighted by Crippen LogP contribution is -2.29. The summed E-state index contributed by atoms with van der Waals surface area (Å²) >= 11 is 1.83. The van der Waals surface area contributed by atoms with Gasteiger partial charge in [0.2, 0.25) is 0 Å². The van der Waals surface area contributed by atoms with Crippen molar-refractivity contribution in [3.63, 3.8) is 0 Å². The third kappa shape index (κ3) is 2.45. The molecule has 3 rings (SSSR count). The van der Waals surface area contributed by atoms with Crippen LogP contribution in [0.25, 0.3) is 0 Å². The first-order valence-electron chi connectivity index (χ1n) is 6.94. The highest BCUT2D eigenvalue weighted by atomic mass is 32.1. The molecule has 0 saturated heterocycles. The van der Waals surface area contributed by atoms with Crippen molar-refractivity contribution in [1.29, 1.82) is 0 Å². The quantitative estimate of drug-likeness (QED) is 0.899. The first-order chi connectivity index (χ1) is 9.15. The molecule has 19 heavy (non-hydrogen) atoms. The van der Waals surface area contributed by atoms with Crippen molar-refractivity contribution in [2.45, 2.75) is 39.2 Å². The van der Waals surface area contributed by atoms with E-state index >= 15 is 0 Å². The zero-order chi connectivity index (χ0) is 13.4. The van der Waals surface area contributed by atoms with Gasteiger partial charge < -0.3 is 5.32 Å². The number of nitrogens with one attached hydrogen (secondary N) is 1. The van der Waals surface area contributed by atoms with Crippen LogP contribution in [-0.2, 0) is 6.42 Å². The minimum absolute atomic E-state index is 0.330. The van der Waals surface area contributed by atoms with Gasteiger partial charge in [-0.15, -0.1) is 11.3 Å². The minimum atomic E-state index is 0.330. The van der Waals surface area contributed by atoms with E-state index in [1.54, 1.807) is 0 Å². The van der Waals surface area contributed by atoms with E-state index in [-0.39, 0.29) is 0 Å². The molecule has 2 aromatic rings. The molecule has 2 nitrogen and oxygen atoms in total. The molecule has 3 heteroatoms. The Hall–Kier alpha value is -1.19. The maximum absolute atomic E-state index is 4.65. The van der Waals surface area contributed by atoms with Crippen molar-refractivity contribution in [2.75, 3.05) is 6.54 Å². The van der Waals surface area contributed by atoms with Crippen LogP contribution in [0.1, 0.15) is 52.5 Å². The highest BCUT2D eigenvalue weighted by molar-refractivity contribution is 7.11. The molecular formula is C16H20N2S. The molecule has 1 aromatic carbocycles. The predicted octanol–water partition coefficient (Wildman–Crippen LogP) is 3.81. The van der Waals surface area contributed by atoms with E-state index in [0.29, 0.717) is 12.0 Å². The van der Waals surface area contributed by atoms with E-state index < -0.39 is 0 Å². The summed E-state index contributed by atoms with van der Waals surface area (Å²) in [6.07, 6.45) is 1.06. The van der Waals surface area contributed by atoms with E-state index in [4.69, 9.17) is 0 Å². The molecule has 0 amide bonds. The molecule has 1 N–H and O–H groups in total. The summed E-state index contributed by atoms with van der Waals surface area (Å²) in [4.78, 5) is 6.06. The van der Waals surface area contributed by atoms with Gasteiger partial charge in [-0.25, -0.2) is 4.98 Å². The number of fused-ring (bicyclic) bond motifs is 1. The Balaban J connectivity index is 1.94. The number of hydrogen-bond donors (Lipinski definition) is 1. The van der Waals surface area contributed by atoms with Crippen LogP contribution in [0.3, 0.4) is 0 Å². The van der Waals surface area contributed by atoms with Gasteiger partial charge in [0.05, 0.1) is 16.7 Å². The SMILES string of the molecule is Cc1nc2c(s1)C(c1ccc(C(C)C)cc1)NCC2. The van der Waals surface area contributed by atoms with Crippen molar-refractivity contribution in [3.05, 3.63) is 51.0 Å². The van der Waals surface area contributed by atoms with Crippen LogP contribution < -0.4 is 5.32 Å². The summed E-state index contributed by atoms with van der Waals surface area (Å²) in [5.74, 6) is 0.592. The summed E-state index contributed by atoms with van der Waals surface area (Å²) in [6.45, 7) is 7.59. The van der Waals surface area contributed by atoms with Gasteiger partial charge in [0.15, 0.2) is 0 Å². The first kappa shape index (κ1) is 12.8. The monoisotopic (exact) mass is 272 g/mol. The molecule has 2 heterocycles. The molecule has 0 bridgehead atoms. The number of benzene rings is 1. The van der Waals surface area contributed by atoms with E-state index in [1.807, 2.05) is 11.3 Å². The lowest BCUT2D eigenvalue weighted by atomic mass is 9.96. The second-order valence-electron chi connectivity index (χ2n) is 5.50. The van der Waals surface area contributed by atoms with Crippen LogP contribution in [0.4, 0.5) is 0 Å². The van der Waals surface area contributed by atoms with Crippen LogP contribution in [0.2, 0.25) is 0 Å². The fraction of sp³-hybridized carbons (Fsp3) is 0.438. The lowest BCUT2D eigenvalue weighted by Gasteiger charge is -2.23. The molecular weight excluding hydrogens is 252 g/mol. The number of thiazole rings is 1. The van der Waals surface area contributed by atoms with Crippen LogP contribution in [0, 0.1) is 6.92 Å². The van der Waals surface area contributed by atoms with Crippen molar-refractivity contribution in [1.82, 2.24) is 10.3 Å². The Morgan fingerprint density at radius 3 is 2.68 bits per heavy atom. The van der Waals surface area contributed by atoms with Crippen molar-refractivity contribution in [2.24, 2.45) is 0 Å². The largest absolute Gasteiger partial charge is 0.305 e. The molecule has 1 unspecified atom stereocenters. The first-order valence-corrected chi connectivity index (χ1v) is 7.76. The van der Waals surface area contributed by atoms with E-state index in [9.17, 15) is 0 Å². The van der Waals surface area contributed by atoms with Crippen molar-refractivity contribution >= 4 is 11.3 Å². The summed E-state index contributed by atoms with van der Waals surface area (Å²) < 4.78 is 0. The predicted molar refractivity (Wildman–Crippen MR) is 80.9 cm³/mol. The smallest absolute Gasteiger partial charge is 0.0900 e. The van der Waals surface area contributed by atoms with Gasteiger partial charge in [-0.3, -0.25) is 0 Å². The number of hydrogen-bond acceptors (Lipinski definition) is 3. The van der Waals surface area contributed by atoms with Gasteiger partial charge in [-0.2, -0.15) is 0 Å². The van der Waals surface area contributed by atoms with Crippen LogP contribution in [0.5, 0.6) is 0 Å². The Morgan fingerprint density at radius 2 is 2.00 bits per heavy atom. The Morgan fingerprint density at radius 1 is 1.26 bits per heavy atom. The fourth-order valence-electron chi connectivity index (χ4n) is 2.66. The zero-order valence-electron chi connectivity index (χ0n) is 11.7.